The number of amides is 1. The normalized spacial score (nSPS) is 10.7. The topological polar surface area (TPSA) is 49.3 Å². The van der Waals surface area contributed by atoms with Crippen LogP contribution < -0.4 is 5.32 Å². The maximum absolute atomic E-state index is 12.1. The predicted octanol–water partition coefficient (Wildman–Crippen LogP) is 2.89. The Morgan fingerprint density at radius 1 is 1.33 bits per heavy atom. The highest BCUT2D eigenvalue weighted by Gasteiger charge is 2.11. The highest BCUT2D eigenvalue weighted by molar-refractivity contribution is 5.94. The van der Waals surface area contributed by atoms with Crippen molar-refractivity contribution in [2.45, 2.75) is 40.5 Å². The Labute approximate surface area is 127 Å². The van der Waals surface area contributed by atoms with Gasteiger partial charge in [0.05, 0.1) is 6.61 Å². The number of hydrogen-bond acceptors (Lipinski definition) is 2. The van der Waals surface area contributed by atoms with Crippen molar-refractivity contribution in [3.63, 3.8) is 0 Å². The second-order valence-corrected chi connectivity index (χ2v) is 6.37. The highest BCUT2D eigenvalue weighted by Crippen LogP contribution is 2.17. The molecule has 0 bridgehead atoms. The van der Waals surface area contributed by atoms with Crippen LogP contribution in [0, 0.1) is 24.2 Å². The van der Waals surface area contributed by atoms with Crippen molar-refractivity contribution in [2.75, 3.05) is 13.2 Å². The first-order valence-corrected chi connectivity index (χ1v) is 7.32. The van der Waals surface area contributed by atoms with Gasteiger partial charge in [-0.1, -0.05) is 32.6 Å². The number of carbonyl (C=O) groups excluding carboxylic acids is 1. The second kappa shape index (κ2) is 7.85. The van der Waals surface area contributed by atoms with Gasteiger partial charge in [0.2, 0.25) is 0 Å². The molecular formula is C18H25NO2. The molecule has 0 saturated carbocycles. The van der Waals surface area contributed by atoms with E-state index in [4.69, 9.17) is 5.11 Å². The van der Waals surface area contributed by atoms with Crippen molar-refractivity contribution < 1.29 is 9.90 Å². The van der Waals surface area contributed by atoms with Crippen molar-refractivity contribution in [3.05, 3.63) is 34.9 Å². The first-order chi connectivity index (χ1) is 9.83. The van der Waals surface area contributed by atoms with Crippen LogP contribution in [0.3, 0.4) is 0 Å². The second-order valence-electron chi connectivity index (χ2n) is 6.37. The predicted molar refractivity (Wildman–Crippen MR) is 86.2 cm³/mol. The molecule has 1 aromatic rings. The molecule has 0 aliphatic heterocycles. The standard InChI is InChI=1S/C18H25NO2/c1-14-13-16(9-8-15(14)7-5-6-12-20)17(21)19-11-10-18(2,3)4/h8-9,13,20H,6,10-12H2,1-4H3,(H,19,21). The van der Waals surface area contributed by atoms with E-state index in [0.717, 1.165) is 17.5 Å². The minimum Gasteiger partial charge on any atom is -0.395 e. The number of aryl methyl sites for hydroxylation is 1. The lowest BCUT2D eigenvalue weighted by Crippen LogP contribution is -2.27. The number of rotatable bonds is 4. The minimum absolute atomic E-state index is 0.0442. The fourth-order valence-electron chi connectivity index (χ4n) is 1.81. The highest BCUT2D eigenvalue weighted by atomic mass is 16.2. The molecule has 0 fully saturated rings. The van der Waals surface area contributed by atoms with Gasteiger partial charge >= 0.3 is 0 Å². The maximum atomic E-state index is 12.1. The van der Waals surface area contributed by atoms with Crippen molar-refractivity contribution in [3.8, 4) is 11.8 Å². The van der Waals surface area contributed by atoms with Crippen LogP contribution in [0.25, 0.3) is 0 Å². The number of carbonyl (C=O) groups is 1. The van der Waals surface area contributed by atoms with Gasteiger partial charge < -0.3 is 10.4 Å². The summed E-state index contributed by atoms with van der Waals surface area (Å²) in [6.07, 6.45) is 1.41. The van der Waals surface area contributed by atoms with E-state index in [1.165, 1.54) is 0 Å². The van der Waals surface area contributed by atoms with Gasteiger partial charge in [-0.3, -0.25) is 4.79 Å². The first kappa shape index (κ1) is 17.3. The molecule has 0 aliphatic carbocycles. The summed E-state index contributed by atoms with van der Waals surface area (Å²) >= 11 is 0. The van der Waals surface area contributed by atoms with Crippen molar-refractivity contribution >= 4 is 5.91 Å². The zero-order valence-corrected chi connectivity index (χ0v) is 13.4. The molecule has 1 rings (SSSR count). The van der Waals surface area contributed by atoms with Crippen molar-refractivity contribution in [2.24, 2.45) is 5.41 Å². The van der Waals surface area contributed by atoms with E-state index in [9.17, 15) is 4.79 Å². The molecule has 0 radical (unpaired) electrons. The Bertz CT molecular complexity index is 545. The van der Waals surface area contributed by atoms with Crippen LogP contribution in [0.15, 0.2) is 18.2 Å². The minimum atomic E-state index is -0.0442. The van der Waals surface area contributed by atoms with E-state index in [-0.39, 0.29) is 17.9 Å². The Balaban J connectivity index is 2.66. The summed E-state index contributed by atoms with van der Waals surface area (Å²) in [7, 11) is 0. The molecule has 2 N–H and O–H groups in total. The first-order valence-electron chi connectivity index (χ1n) is 7.32. The largest absolute Gasteiger partial charge is 0.395 e. The molecule has 0 unspecified atom stereocenters. The van der Waals surface area contributed by atoms with Crippen LogP contribution in [-0.2, 0) is 0 Å². The van der Waals surface area contributed by atoms with Gasteiger partial charge in [0.1, 0.15) is 0 Å². The molecule has 0 aliphatic rings. The number of aliphatic hydroxyl groups excluding tert-OH is 1. The lowest BCUT2D eigenvalue weighted by Gasteiger charge is -2.18. The van der Waals surface area contributed by atoms with E-state index in [2.05, 4.69) is 37.9 Å². The van der Waals surface area contributed by atoms with Crippen LogP contribution in [0.5, 0.6) is 0 Å². The molecule has 0 spiro atoms. The van der Waals surface area contributed by atoms with Gasteiger partial charge in [0, 0.05) is 24.1 Å². The summed E-state index contributed by atoms with van der Waals surface area (Å²) in [5, 5.41) is 11.7. The number of aliphatic hydroxyl groups is 1. The summed E-state index contributed by atoms with van der Waals surface area (Å²) in [6, 6.07) is 5.51. The van der Waals surface area contributed by atoms with Gasteiger partial charge in [0.25, 0.3) is 5.91 Å². The lowest BCUT2D eigenvalue weighted by molar-refractivity contribution is 0.0949. The van der Waals surface area contributed by atoms with E-state index in [1.54, 1.807) is 6.07 Å². The third kappa shape index (κ3) is 6.46. The molecule has 3 nitrogen and oxygen atoms in total. The van der Waals surface area contributed by atoms with Crippen molar-refractivity contribution in [1.82, 2.24) is 5.32 Å². The van der Waals surface area contributed by atoms with Crippen LogP contribution in [0.2, 0.25) is 0 Å². The van der Waals surface area contributed by atoms with Gasteiger partial charge in [-0.15, -0.1) is 0 Å². The van der Waals surface area contributed by atoms with E-state index < -0.39 is 0 Å². The fourth-order valence-corrected chi connectivity index (χ4v) is 1.81. The Kier molecular flexibility index (Phi) is 6.45. The number of benzene rings is 1. The molecule has 0 aromatic heterocycles. The molecule has 21 heavy (non-hydrogen) atoms. The monoisotopic (exact) mass is 287 g/mol. The molecule has 1 aromatic carbocycles. The fraction of sp³-hybridized carbons (Fsp3) is 0.500. The summed E-state index contributed by atoms with van der Waals surface area (Å²) < 4.78 is 0. The van der Waals surface area contributed by atoms with E-state index >= 15 is 0 Å². The average Bonchev–Trinajstić information content (AvgIpc) is 2.39. The van der Waals surface area contributed by atoms with Gasteiger partial charge in [-0.25, -0.2) is 0 Å². The summed E-state index contributed by atoms with van der Waals surface area (Å²) in [6.45, 7) is 9.16. The number of hydrogen-bond donors (Lipinski definition) is 2. The Morgan fingerprint density at radius 3 is 2.62 bits per heavy atom. The third-order valence-electron chi connectivity index (χ3n) is 3.11. The zero-order chi connectivity index (χ0) is 15.9. The van der Waals surface area contributed by atoms with Gasteiger partial charge in [0.15, 0.2) is 0 Å². The molecule has 1 amide bonds. The smallest absolute Gasteiger partial charge is 0.251 e. The molecule has 3 heteroatoms. The average molecular weight is 287 g/mol. The van der Waals surface area contributed by atoms with Crippen LogP contribution in [0.4, 0.5) is 0 Å². The van der Waals surface area contributed by atoms with Crippen LogP contribution >= 0.6 is 0 Å². The molecule has 0 atom stereocenters. The zero-order valence-electron chi connectivity index (χ0n) is 13.4. The lowest BCUT2D eigenvalue weighted by atomic mass is 9.92. The number of nitrogens with one attached hydrogen (secondary N) is 1. The molecular weight excluding hydrogens is 262 g/mol. The van der Waals surface area contributed by atoms with Gasteiger partial charge in [-0.05, 0) is 42.5 Å². The van der Waals surface area contributed by atoms with E-state index in [1.807, 2.05) is 19.1 Å². The van der Waals surface area contributed by atoms with Crippen molar-refractivity contribution in [1.29, 1.82) is 0 Å². The summed E-state index contributed by atoms with van der Waals surface area (Å²) in [5.41, 5.74) is 2.75. The molecule has 114 valence electrons. The quantitative estimate of drug-likeness (QED) is 0.837. The maximum Gasteiger partial charge on any atom is 0.251 e. The third-order valence-corrected chi connectivity index (χ3v) is 3.11. The summed E-state index contributed by atoms with van der Waals surface area (Å²) in [5.74, 6) is 5.85. The SMILES string of the molecule is Cc1cc(C(=O)NCCC(C)(C)C)ccc1C#CCCO. The Morgan fingerprint density at radius 2 is 2.05 bits per heavy atom. The van der Waals surface area contributed by atoms with Crippen LogP contribution in [-0.4, -0.2) is 24.2 Å². The van der Waals surface area contributed by atoms with E-state index in [0.29, 0.717) is 18.5 Å². The molecule has 0 saturated heterocycles. The Hall–Kier alpha value is -1.79. The van der Waals surface area contributed by atoms with Gasteiger partial charge in [-0.2, -0.15) is 0 Å². The summed E-state index contributed by atoms with van der Waals surface area (Å²) in [4.78, 5) is 12.1. The molecule has 0 heterocycles. The van der Waals surface area contributed by atoms with Crippen LogP contribution in [0.1, 0.15) is 55.1 Å².